The van der Waals surface area contributed by atoms with E-state index in [2.05, 4.69) is 35.2 Å². The zero-order valence-electron chi connectivity index (χ0n) is 9.33. The van der Waals surface area contributed by atoms with Crippen LogP contribution in [0, 0.1) is 19.3 Å². The molecule has 0 unspecified atom stereocenters. The molecule has 0 saturated heterocycles. The first-order chi connectivity index (χ1) is 7.73. The molecule has 1 aliphatic rings. The van der Waals surface area contributed by atoms with E-state index in [4.69, 9.17) is 6.42 Å². The van der Waals surface area contributed by atoms with Gasteiger partial charge in [-0.05, 0) is 43.5 Å². The number of hydrogen-bond donors (Lipinski definition) is 0. The molecule has 78 valence electrons. The lowest BCUT2D eigenvalue weighted by atomic mass is 9.95. The average Bonchev–Trinajstić information content (AvgIpc) is 3.09. The summed E-state index contributed by atoms with van der Waals surface area (Å²) >= 11 is 0. The summed E-state index contributed by atoms with van der Waals surface area (Å²) in [6, 6.07) is 10.6. The molecule has 1 aliphatic carbocycles. The SMILES string of the molecule is C#CC1(c2ccc3nc(C)ccc3c2)CC1. The van der Waals surface area contributed by atoms with Crippen molar-refractivity contribution in [2.75, 3.05) is 0 Å². The number of nitrogens with zero attached hydrogens (tertiary/aromatic N) is 1. The molecule has 1 heteroatoms. The highest BCUT2D eigenvalue weighted by Crippen LogP contribution is 2.47. The Labute approximate surface area is 95.5 Å². The second kappa shape index (κ2) is 3.09. The third-order valence-electron chi connectivity index (χ3n) is 3.41. The molecule has 0 aliphatic heterocycles. The molecule has 1 fully saturated rings. The summed E-state index contributed by atoms with van der Waals surface area (Å²) in [5.41, 5.74) is 3.40. The summed E-state index contributed by atoms with van der Waals surface area (Å²) in [7, 11) is 0. The van der Waals surface area contributed by atoms with Gasteiger partial charge in [-0.3, -0.25) is 4.98 Å². The predicted octanol–water partition coefficient (Wildman–Crippen LogP) is 3.21. The van der Waals surface area contributed by atoms with E-state index in [9.17, 15) is 0 Å². The van der Waals surface area contributed by atoms with Gasteiger partial charge in [0.2, 0.25) is 0 Å². The highest BCUT2D eigenvalue weighted by atomic mass is 14.7. The van der Waals surface area contributed by atoms with Crippen molar-refractivity contribution in [1.82, 2.24) is 4.98 Å². The fraction of sp³-hybridized carbons (Fsp3) is 0.267. The van der Waals surface area contributed by atoms with Crippen LogP contribution in [0.2, 0.25) is 0 Å². The second-order valence-electron chi connectivity index (χ2n) is 4.59. The largest absolute Gasteiger partial charge is 0.253 e. The van der Waals surface area contributed by atoms with Crippen LogP contribution in [0.1, 0.15) is 24.1 Å². The number of aromatic nitrogens is 1. The Morgan fingerprint density at radius 1 is 1.25 bits per heavy atom. The maximum Gasteiger partial charge on any atom is 0.0705 e. The molecule has 0 atom stereocenters. The molecule has 0 N–H and O–H groups in total. The van der Waals surface area contributed by atoms with E-state index in [0.29, 0.717) is 0 Å². The van der Waals surface area contributed by atoms with Crippen molar-refractivity contribution in [2.45, 2.75) is 25.2 Å². The average molecular weight is 207 g/mol. The minimum Gasteiger partial charge on any atom is -0.253 e. The highest BCUT2D eigenvalue weighted by molar-refractivity contribution is 5.80. The second-order valence-corrected chi connectivity index (χ2v) is 4.59. The van der Waals surface area contributed by atoms with Gasteiger partial charge >= 0.3 is 0 Å². The molecule has 1 heterocycles. The van der Waals surface area contributed by atoms with Crippen LogP contribution in [0.25, 0.3) is 10.9 Å². The summed E-state index contributed by atoms with van der Waals surface area (Å²) in [5, 5.41) is 1.18. The highest BCUT2D eigenvalue weighted by Gasteiger charge is 2.42. The molecule has 1 nitrogen and oxygen atoms in total. The Bertz CT molecular complexity index is 600. The van der Waals surface area contributed by atoms with E-state index in [-0.39, 0.29) is 5.41 Å². The Balaban J connectivity index is 2.18. The molecular weight excluding hydrogens is 194 g/mol. The Kier molecular flexibility index (Phi) is 1.82. The van der Waals surface area contributed by atoms with Crippen molar-refractivity contribution in [3.05, 3.63) is 41.6 Å². The first-order valence-corrected chi connectivity index (χ1v) is 5.59. The number of rotatable bonds is 1. The Hall–Kier alpha value is -1.81. The summed E-state index contributed by atoms with van der Waals surface area (Å²) in [6.07, 6.45) is 7.84. The van der Waals surface area contributed by atoms with Crippen LogP contribution >= 0.6 is 0 Å². The van der Waals surface area contributed by atoms with Crippen LogP contribution in [-0.2, 0) is 5.41 Å². The van der Waals surface area contributed by atoms with Gasteiger partial charge < -0.3 is 0 Å². The number of hydrogen-bond acceptors (Lipinski definition) is 1. The molecule has 1 aromatic heterocycles. The first-order valence-electron chi connectivity index (χ1n) is 5.59. The van der Waals surface area contributed by atoms with Gasteiger partial charge in [-0.2, -0.15) is 0 Å². The molecule has 0 bridgehead atoms. The van der Waals surface area contributed by atoms with E-state index in [1.54, 1.807) is 0 Å². The van der Waals surface area contributed by atoms with Crippen molar-refractivity contribution < 1.29 is 0 Å². The molecule has 1 aromatic carbocycles. The fourth-order valence-corrected chi connectivity index (χ4v) is 2.17. The smallest absolute Gasteiger partial charge is 0.0705 e. The van der Waals surface area contributed by atoms with Crippen molar-refractivity contribution in [3.8, 4) is 12.3 Å². The topological polar surface area (TPSA) is 12.9 Å². The van der Waals surface area contributed by atoms with Gasteiger partial charge in [0, 0.05) is 11.1 Å². The van der Waals surface area contributed by atoms with Gasteiger partial charge in [0.15, 0.2) is 0 Å². The van der Waals surface area contributed by atoms with E-state index in [0.717, 1.165) is 24.1 Å². The quantitative estimate of drug-likeness (QED) is 0.654. The van der Waals surface area contributed by atoms with Gasteiger partial charge in [-0.1, -0.05) is 18.1 Å². The zero-order valence-corrected chi connectivity index (χ0v) is 9.33. The van der Waals surface area contributed by atoms with Crippen molar-refractivity contribution in [1.29, 1.82) is 0 Å². The van der Waals surface area contributed by atoms with Crippen LogP contribution in [0.3, 0.4) is 0 Å². The van der Waals surface area contributed by atoms with E-state index >= 15 is 0 Å². The lowest BCUT2D eigenvalue weighted by Crippen LogP contribution is -2.02. The van der Waals surface area contributed by atoms with E-state index in [1.807, 2.05) is 13.0 Å². The lowest BCUT2D eigenvalue weighted by Gasteiger charge is -2.09. The van der Waals surface area contributed by atoms with Gasteiger partial charge in [0.05, 0.1) is 10.9 Å². The predicted molar refractivity (Wildman–Crippen MR) is 66.2 cm³/mol. The number of aryl methyl sites for hydroxylation is 1. The minimum atomic E-state index is 0.0269. The maximum atomic E-state index is 5.60. The van der Waals surface area contributed by atoms with Gasteiger partial charge in [-0.25, -0.2) is 0 Å². The van der Waals surface area contributed by atoms with Crippen LogP contribution in [0.4, 0.5) is 0 Å². The first kappa shape index (κ1) is 9.42. The monoisotopic (exact) mass is 207 g/mol. The molecule has 1 saturated carbocycles. The van der Waals surface area contributed by atoms with Gasteiger partial charge in [0.1, 0.15) is 0 Å². The van der Waals surface area contributed by atoms with Crippen LogP contribution in [-0.4, -0.2) is 4.98 Å². The maximum absolute atomic E-state index is 5.60. The van der Waals surface area contributed by atoms with E-state index < -0.39 is 0 Å². The normalized spacial score (nSPS) is 17.0. The molecule has 0 amide bonds. The Morgan fingerprint density at radius 3 is 2.75 bits per heavy atom. The Morgan fingerprint density at radius 2 is 2.06 bits per heavy atom. The molecule has 16 heavy (non-hydrogen) atoms. The standard InChI is InChI=1S/C15H13N/c1-3-15(8-9-15)13-6-7-14-12(10-13)5-4-11(2)16-14/h1,4-7,10H,8-9H2,2H3. The lowest BCUT2D eigenvalue weighted by molar-refractivity contribution is 0.933. The summed E-state index contributed by atoms with van der Waals surface area (Å²) < 4.78 is 0. The third kappa shape index (κ3) is 1.31. The molecule has 0 spiro atoms. The number of fused-ring (bicyclic) bond motifs is 1. The fourth-order valence-electron chi connectivity index (χ4n) is 2.17. The van der Waals surface area contributed by atoms with Gasteiger partial charge in [0.25, 0.3) is 0 Å². The number of benzene rings is 1. The van der Waals surface area contributed by atoms with Crippen molar-refractivity contribution in [2.24, 2.45) is 0 Å². The third-order valence-corrected chi connectivity index (χ3v) is 3.41. The summed E-state index contributed by atoms with van der Waals surface area (Å²) in [4.78, 5) is 4.49. The minimum absolute atomic E-state index is 0.0269. The zero-order chi connectivity index (χ0) is 11.2. The van der Waals surface area contributed by atoms with Crippen molar-refractivity contribution in [3.63, 3.8) is 0 Å². The van der Waals surface area contributed by atoms with Crippen LogP contribution in [0.5, 0.6) is 0 Å². The molecule has 2 aromatic rings. The molecule has 0 radical (unpaired) electrons. The molecular formula is C15H13N. The van der Waals surface area contributed by atoms with Crippen LogP contribution < -0.4 is 0 Å². The molecule has 3 rings (SSSR count). The van der Waals surface area contributed by atoms with Gasteiger partial charge in [-0.15, -0.1) is 6.42 Å². The van der Waals surface area contributed by atoms with E-state index in [1.165, 1.54) is 10.9 Å². The van der Waals surface area contributed by atoms with Crippen molar-refractivity contribution >= 4 is 10.9 Å². The van der Waals surface area contributed by atoms with Crippen LogP contribution in [0.15, 0.2) is 30.3 Å². The summed E-state index contributed by atoms with van der Waals surface area (Å²) in [6.45, 7) is 2.01. The number of pyridine rings is 1. The number of terminal acetylenes is 1. The summed E-state index contributed by atoms with van der Waals surface area (Å²) in [5.74, 6) is 2.92.